The molecule has 7 heteroatoms. The zero-order valence-electron chi connectivity index (χ0n) is 11.6. The highest BCUT2D eigenvalue weighted by Crippen LogP contribution is 2.40. The summed E-state index contributed by atoms with van der Waals surface area (Å²) in [7, 11) is 1.67. The molecule has 1 aromatic carbocycles. The summed E-state index contributed by atoms with van der Waals surface area (Å²) in [5, 5.41) is 8.45. The quantitative estimate of drug-likeness (QED) is 0.820. The standard InChI is InChI=1S/C13H17N3OS3/c1-8(14)11(9-5-4-6-10(7-9)17-2)19-13-16-15-12(18-3)20-13/h4-8,11H,14H2,1-3H3. The van der Waals surface area contributed by atoms with Gasteiger partial charge in [-0.05, 0) is 30.9 Å². The fourth-order valence-electron chi connectivity index (χ4n) is 1.73. The van der Waals surface area contributed by atoms with Crippen LogP contribution in [0.5, 0.6) is 5.75 Å². The molecule has 20 heavy (non-hydrogen) atoms. The first-order chi connectivity index (χ1) is 9.63. The van der Waals surface area contributed by atoms with Gasteiger partial charge in [0.25, 0.3) is 0 Å². The first-order valence-corrected chi connectivity index (χ1v) is 8.99. The van der Waals surface area contributed by atoms with Crippen LogP contribution in [0.2, 0.25) is 0 Å². The predicted molar refractivity (Wildman–Crippen MR) is 86.9 cm³/mol. The molecule has 2 rings (SSSR count). The molecule has 0 aliphatic carbocycles. The Balaban J connectivity index is 2.21. The number of thioether (sulfide) groups is 2. The van der Waals surface area contributed by atoms with Crippen LogP contribution in [-0.2, 0) is 0 Å². The fraction of sp³-hybridized carbons (Fsp3) is 0.385. The van der Waals surface area contributed by atoms with E-state index in [1.165, 1.54) is 0 Å². The van der Waals surface area contributed by atoms with Gasteiger partial charge in [-0.1, -0.05) is 47.0 Å². The molecule has 0 spiro atoms. The van der Waals surface area contributed by atoms with Crippen molar-refractivity contribution in [2.75, 3.05) is 13.4 Å². The van der Waals surface area contributed by atoms with Gasteiger partial charge in [0.15, 0.2) is 8.68 Å². The van der Waals surface area contributed by atoms with Crippen molar-refractivity contribution in [1.29, 1.82) is 0 Å². The smallest absolute Gasteiger partial charge is 0.175 e. The van der Waals surface area contributed by atoms with Crippen LogP contribution in [-0.4, -0.2) is 29.6 Å². The van der Waals surface area contributed by atoms with Gasteiger partial charge in [0, 0.05) is 6.04 Å². The van der Waals surface area contributed by atoms with E-state index in [9.17, 15) is 0 Å². The minimum Gasteiger partial charge on any atom is -0.497 e. The predicted octanol–water partition coefficient (Wildman–Crippen LogP) is 3.45. The lowest BCUT2D eigenvalue weighted by molar-refractivity contribution is 0.414. The number of benzene rings is 1. The molecule has 0 aliphatic heterocycles. The number of nitrogens with zero attached hydrogens (tertiary/aromatic N) is 2. The molecule has 1 aromatic heterocycles. The number of rotatable bonds is 6. The van der Waals surface area contributed by atoms with Gasteiger partial charge in [-0.3, -0.25) is 0 Å². The number of hydrogen-bond acceptors (Lipinski definition) is 7. The number of nitrogens with two attached hydrogens (primary N) is 1. The molecule has 4 nitrogen and oxygen atoms in total. The Hall–Kier alpha value is -0.760. The maximum absolute atomic E-state index is 6.14. The first-order valence-electron chi connectivity index (χ1n) is 6.07. The molecule has 2 unspecified atom stereocenters. The van der Waals surface area contributed by atoms with E-state index in [1.54, 1.807) is 42.0 Å². The van der Waals surface area contributed by atoms with Crippen LogP contribution >= 0.6 is 34.9 Å². The Labute approximate surface area is 131 Å². The van der Waals surface area contributed by atoms with Crippen LogP contribution in [0.3, 0.4) is 0 Å². The molecule has 2 aromatic rings. The zero-order chi connectivity index (χ0) is 14.5. The normalized spacial score (nSPS) is 14.0. The van der Waals surface area contributed by atoms with Crippen LogP contribution in [0.15, 0.2) is 32.9 Å². The van der Waals surface area contributed by atoms with Gasteiger partial charge in [0.1, 0.15) is 5.75 Å². The van der Waals surface area contributed by atoms with Gasteiger partial charge < -0.3 is 10.5 Å². The number of hydrogen-bond donors (Lipinski definition) is 1. The van der Waals surface area contributed by atoms with E-state index in [0.717, 1.165) is 20.0 Å². The lowest BCUT2D eigenvalue weighted by Crippen LogP contribution is -2.22. The highest BCUT2D eigenvalue weighted by atomic mass is 32.2. The summed E-state index contributed by atoms with van der Waals surface area (Å²) < 4.78 is 7.20. The minimum absolute atomic E-state index is 0.00809. The summed E-state index contributed by atoms with van der Waals surface area (Å²) in [6.07, 6.45) is 2.00. The zero-order valence-corrected chi connectivity index (χ0v) is 14.0. The van der Waals surface area contributed by atoms with Crippen LogP contribution in [0.1, 0.15) is 17.7 Å². The van der Waals surface area contributed by atoms with Crippen molar-refractivity contribution < 1.29 is 4.74 Å². The second-order valence-corrected chi connectivity index (χ2v) is 7.63. The Bertz CT molecular complexity index is 559. The Morgan fingerprint density at radius 3 is 2.65 bits per heavy atom. The Morgan fingerprint density at radius 2 is 2.05 bits per heavy atom. The van der Waals surface area contributed by atoms with Crippen molar-refractivity contribution in [1.82, 2.24) is 10.2 Å². The first kappa shape index (κ1) is 15.6. The van der Waals surface area contributed by atoms with Crippen molar-refractivity contribution in [2.45, 2.75) is 26.9 Å². The molecule has 108 valence electrons. The molecule has 0 saturated heterocycles. The summed E-state index contributed by atoms with van der Waals surface area (Å²) in [5.41, 5.74) is 7.28. The molecule has 0 radical (unpaired) electrons. The molecule has 0 saturated carbocycles. The Kier molecular flexibility index (Phi) is 5.71. The van der Waals surface area contributed by atoms with Gasteiger partial charge >= 0.3 is 0 Å². The maximum atomic E-state index is 6.14. The molecule has 1 heterocycles. The number of aromatic nitrogens is 2. The van der Waals surface area contributed by atoms with Crippen molar-refractivity contribution in [3.8, 4) is 5.75 Å². The van der Waals surface area contributed by atoms with Gasteiger partial charge in [0.2, 0.25) is 0 Å². The van der Waals surface area contributed by atoms with Gasteiger partial charge in [-0.25, -0.2) is 0 Å². The second-order valence-electron chi connectivity index (χ2n) is 4.21. The van der Waals surface area contributed by atoms with E-state index in [0.29, 0.717) is 0 Å². The second kappa shape index (κ2) is 7.31. The van der Waals surface area contributed by atoms with E-state index in [4.69, 9.17) is 10.5 Å². The third kappa shape index (κ3) is 3.88. The van der Waals surface area contributed by atoms with Crippen LogP contribution in [0.4, 0.5) is 0 Å². The SMILES string of the molecule is COc1cccc(C(Sc2nnc(SC)s2)C(C)N)c1. The highest BCUT2D eigenvalue weighted by Gasteiger charge is 2.20. The van der Waals surface area contributed by atoms with Crippen molar-refractivity contribution in [3.05, 3.63) is 29.8 Å². The summed E-state index contributed by atoms with van der Waals surface area (Å²) in [6, 6.07) is 8.02. The lowest BCUT2D eigenvalue weighted by Gasteiger charge is -2.19. The summed E-state index contributed by atoms with van der Waals surface area (Å²) in [4.78, 5) is 0. The fourth-order valence-corrected chi connectivity index (χ4v) is 4.44. The highest BCUT2D eigenvalue weighted by molar-refractivity contribution is 8.03. The Morgan fingerprint density at radius 1 is 1.30 bits per heavy atom. The summed E-state index contributed by atoms with van der Waals surface area (Å²) in [6.45, 7) is 2.01. The lowest BCUT2D eigenvalue weighted by atomic mass is 10.1. The molecule has 2 atom stereocenters. The average molecular weight is 328 g/mol. The minimum atomic E-state index is 0.00809. The molecular weight excluding hydrogens is 310 g/mol. The van der Waals surface area contributed by atoms with Crippen molar-refractivity contribution in [3.63, 3.8) is 0 Å². The van der Waals surface area contributed by atoms with Crippen LogP contribution < -0.4 is 10.5 Å². The monoisotopic (exact) mass is 327 g/mol. The molecule has 2 N–H and O–H groups in total. The van der Waals surface area contributed by atoms with Gasteiger partial charge in [-0.2, -0.15) is 0 Å². The van der Waals surface area contributed by atoms with Crippen LogP contribution in [0, 0.1) is 0 Å². The summed E-state index contributed by atoms with van der Waals surface area (Å²) in [5.74, 6) is 0.843. The topological polar surface area (TPSA) is 61.0 Å². The number of methoxy groups -OCH3 is 1. The third-order valence-electron chi connectivity index (χ3n) is 2.69. The van der Waals surface area contributed by atoms with E-state index in [2.05, 4.69) is 16.3 Å². The van der Waals surface area contributed by atoms with Gasteiger partial charge in [-0.15, -0.1) is 10.2 Å². The molecule has 0 fully saturated rings. The average Bonchev–Trinajstić information content (AvgIpc) is 2.92. The molecule has 0 amide bonds. The molecule has 0 bridgehead atoms. The van der Waals surface area contributed by atoms with E-state index < -0.39 is 0 Å². The van der Waals surface area contributed by atoms with Gasteiger partial charge in [0.05, 0.1) is 12.4 Å². The van der Waals surface area contributed by atoms with Crippen molar-refractivity contribution >= 4 is 34.9 Å². The maximum Gasteiger partial charge on any atom is 0.175 e. The largest absolute Gasteiger partial charge is 0.497 e. The van der Waals surface area contributed by atoms with E-state index >= 15 is 0 Å². The molecule has 0 aliphatic rings. The van der Waals surface area contributed by atoms with Crippen molar-refractivity contribution in [2.24, 2.45) is 5.73 Å². The van der Waals surface area contributed by atoms with E-state index in [-0.39, 0.29) is 11.3 Å². The van der Waals surface area contributed by atoms with E-state index in [1.807, 2.05) is 31.4 Å². The molecular formula is C13H17N3OS3. The summed E-state index contributed by atoms with van der Waals surface area (Å²) >= 11 is 4.86. The number of ether oxygens (including phenoxy) is 1. The van der Waals surface area contributed by atoms with Crippen LogP contribution in [0.25, 0.3) is 0 Å². The third-order valence-corrected chi connectivity index (χ3v) is 6.16.